The Morgan fingerprint density at radius 3 is 2.56 bits per heavy atom. The topological polar surface area (TPSA) is 46.6 Å². The lowest BCUT2D eigenvalue weighted by Gasteiger charge is -2.19. The maximum absolute atomic E-state index is 13.0. The first-order valence-corrected chi connectivity index (χ1v) is 5.75. The van der Waals surface area contributed by atoms with Gasteiger partial charge in [0.25, 0.3) is 5.91 Å². The fourth-order valence-corrected chi connectivity index (χ4v) is 2.04. The van der Waals surface area contributed by atoms with Crippen LogP contribution in [0.4, 0.5) is 9.18 Å². The van der Waals surface area contributed by atoms with Crippen molar-refractivity contribution >= 4 is 12.0 Å². The van der Waals surface area contributed by atoms with E-state index in [0.717, 1.165) is 17.4 Å². The van der Waals surface area contributed by atoms with Crippen LogP contribution in [0.5, 0.6) is 0 Å². The molecular formula is C13H14FNO3. The fourth-order valence-electron chi connectivity index (χ4n) is 2.04. The number of alkyl halides is 1. The van der Waals surface area contributed by atoms with Crippen molar-refractivity contribution in [3.8, 4) is 0 Å². The first-order valence-electron chi connectivity index (χ1n) is 5.75. The van der Waals surface area contributed by atoms with Gasteiger partial charge in [-0.25, -0.2) is 14.1 Å². The Balaban J connectivity index is 2.24. The predicted molar refractivity (Wildman–Crippen MR) is 62.5 cm³/mol. The first-order chi connectivity index (χ1) is 8.52. The van der Waals surface area contributed by atoms with Crippen molar-refractivity contribution in [2.24, 2.45) is 0 Å². The number of imide groups is 1. The van der Waals surface area contributed by atoms with Crippen molar-refractivity contribution in [1.29, 1.82) is 0 Å². The summed E-state index contributed by atoms with van der Waals surface area (Å²) in [5.74, 6) is -0.856. The third-order valence-corrected chi connectivity index (χ3v) is 2.98. The van der Waals surface area contributed by atoms with Crippen LogP contribution < -0.4 is 0 Å². The summed E-state index contributed by atoms with van der Waals surface area (Å²) in [6, 6.07) is 8.58. The fraction of sp³-hybridized carbons (Fsp3) is 0.385. The van der Waals surface area contributed by atoms with Gasteiger partial charge in [-0.2, -0.15) is 0 Å². The second-order valence-corrected chi connectivity index (χ2v) is 4.28. The van der Waals surface area contributed by atoms with E-state index in [1.807, 2.05) is 18.2 Å². The molecule has 0 saturated carbocycles. The number of nitrogens with zero attached hydrogens (tertiary/aromatic N) is 1. The largest absolute Gasteiger partial charge is 0.439 e. The highest BCUT2D eigenvalue weighted by Gasteiger charge is 2.44. The van der Waals surface area contributed by atoms with Gasteiger partial charge in [0.15, 0.2) is 6.17 Å². The van der Waals surface area contributed by atoms with E-state index < -0.39 is 30.3 Å². The second-order valence-electron chi connectivity index (χ2n) is 4.28. The first kappa shape index (κ1) is 12.5. The highest BCUT2D eigenvalue weighted by molar-refractivity contribution is 5.95. The second kappa shape index (κ2) is 4.76. The number of carbonyl (C=O) groups excluding carboxylic acids is 2. The molecule has 0 aromatic heterocycles. The van der Waals surface area contributed by atoms with Crippen molar-refractivity contribution < 1.29 is 18.7 Å². The molecule has 0 radical (unpaired) electrons. The number of rotatable bonds is 2. The maximum atomic E-state index is 13.0. The Morgan fingerprint density at radius 2 is 2.00 bits per heavy atom. The minimum Gasteiger partial charge on any atom is -0.439 e. The molecule has 5 heteroatoms. The molecule has 18 heavy (non-hydrogen) atoms. The summed E-state index contributed by atoms with van der Waals surface area (Å²) >= 11 is 0. The third kappa shape index (κ3) is 2.08. The molecule has 4 nitrogen and oxygen atoms in total. The number of halogens is 1. The van der Waals surface area contributed by atoms with Gasteiger partial charge < -0.3 is 4.74 Å². The van der Waals surface area contributed by atoms with Crippen molar-refractivity contribution in [1.82, 2.24) is 4.90 Å². The smallest absolute Gasteiger partial charge is 0.417 e. The maximum Gasteiger partial charge on any atom is 0.417 e. The van der Waals surface area contributed by atoms with E-state index in [1.54, 1.807) is 19.1 Å². The molecule has 0 bridgehead atoms. The lowest BCUT2D eigenvalue weighted by Crippen LogP contribution is -2.41. The van der Waals surface area contributed by atoms with Crippen molar-refractivity contribution in [2.45, 2.75) is 32.2 Å². The molecule has 0 spiro atoms. The van der Waals surface area contributed by atoms with E-state index >= 15 is 0 Å². The Hall–Kier alpha value is -1.91. The van der Waals surface area contributed by atoms with Crippen LogP contribution >= 0.6 is 0 Å². The van der Waals surface area contributed by atoms with Gasteiger partial charge in [0.1, 0.15) is 6.10 Å². The molecule has 0 N–H and O–H groups in total. The number of benzene rings is 1. The van der Waals surface area contributed by atoms with E-state index in [0.29, 0.717) is 0 Å². The van der Waals surface area contributed by atoms with E-state index in [-0.39, 0.29) is 0 Å². The average molecular weight is 251 g/mol. The Labute approximate surface area is 104 Å². The number of carbonyl (C=O) groups is 2. The zero-order chi connectivity index (χ0) is 13.3. The highest BCUT2D eigenvalue weighted by Crippen LogP contribution is 2.32. The SMILES string of the molecule is C[C@@H]1[C@H](c2ccccc2)OC(=O)N1C(=O)[C@@H](C)F. The molecule has 1 aromatic rings. The Bertz CT molecular complexity index is 461. The van der Waals surface area contributed by atoms with E-state index in [1.165, 1.54) is 0 Å². The van der Waals surface area contributed by atoms with Gasteiger partial charge >= 0.3 is 6.09 Å². The van der Waals surface area contributed by atoms with Gasteiger partial charge in [-0.05, 0) is 19.4 Å². The van der Waals surface area contributed by atoms with E-state index in [2.05, 4.69) is 0 Å². The van der Waals surface area contributed by atoms with Gasteiger partial charge in [-0.3, -0.25) is 4.79 Å². The standard InChI is InChI=1S/C13H14FNO3/c1-8(14)12(16)15-9(2)11(18-13(15)17)10-6-4-3-5-7-10/h3-9,11H,1-2H3/t8-,9-,11-/m1/s1. The lowest BCUT2D eigenvalue weighted by atomic mass is 10.0. The molecule has 1 heterocycles. The summed E-state index contributed by atoms with van der Waals surface area (Å²) in [6.07, 6.45) is -3.04. The van der Waals surface area contributed by atoms with Crippen LogP contribution in [0.15, 0.2) is 30.3 Å². The molecule has 2 rings (SSSR count). The molecular weight excluding hydrogens is 237 g/mol. The van der Waals surface area contributed by atoms with Gasteiger partial charge in [0.05, 0.1) is 6.04 Å². The van der Waals surface area contributed by atoms with Crippen LogP contribution in [-0.2, 0) is 9.53 Å². The summed E-state index contributed by atoms with van der Waals surface area (Å²) in [6.45, 7) is 2.78. The number of cyclic esters (lactones) is 1. The zero-order valence-corrected chi connectivity index (χ0v) is 10.2. The molecule has 1 fully saturated rings. The van der Waals surface area contributed by atoms with Crippen molar-refractivity contribution in [3.63, 3.8) is 0 Å². The van der Waals surface area contributed by atoms with Crippen LogP contribution in [0.25, 0.3) is 0 Å². The van der Waals surface area contributed by atoms with Gasteiger partial charge in [0.2, 0.25) is 0 Å². The highest BCUT2D eigenvalue weighted by atomic mass is 19.1. The number of hydrogen-bond donors (Lipinski definition) is 0. The minimum atomic E-state index is -1.71. The molecule has 2 amide bonds. The summed E-state index contributed by atoms with van der Waals surface area (Å²) in [4.78, 5) is 24.1. The van der Waals surface area contributed by atoms with Crippen LogP contribution in [0.1, 0.15) is 25.5 Å². The van der Waals surface area contributed by atoms with Crippen LogP contribution in [0, 0.1) is 0 Å². The predicted octanol–water partition coefficient (Wildman–Crippen LogP) is 2.45. The zero-order valence-electron chi connectivity index (χ0n) is 10.2. The number of ether oxygens (including phenoxy) is 1. The molecule has 0 unspecified atom stereocenters. The van der Waals surface area contributed by atoms with E-state index in [9.17, 15) is 14.0 Å². The molecule has 1 saturated heterocycles. The third-order valence-electron chi connectivity index (χ3n) is 2.98. The van der Waals surface area contributed by atoms with Crippen LogP contribution in [0.3, 0.4) is 0 Å². The van der Waals surface area contributed by atoms with Crippen molar-refractivity contribution in [2.75, 3.05) is 0 Å². The summed E-state index contributed by atoms with van der Waals surface area (Å²) < 4.78 is 18.2. The summed E-state index contributed by atoms with van der Waals surface area (Å²) in [5, 5.41) is 0. The molecule has 3 atom stereocenters. The molecule has 1 aromatic carbocycles. The average Bonchev–Trinajstić information content (AvgIpc) is 2.65. The normalized spacial score (nSPS) is 24.8. The monoisotopic (exact) mass is 251 g/mol. The number of amides is 2. The Kier molecular flexibility index (Phi) is 3.32. The molecule has 0 aliphatic carbocycles. The molecule has 1 aliphatic heterocycles. The van der Waals surface area contributed by atoms with Gasteiger partial charge in [0, 0.05) is 0 Å². The Morgan fingerprint density at radius 1 is 1.39 bits per heavy atom. The van der Waals surface area contributed by atoms with Gasteiger partial charge in [-0.15, -0.1) is 0 Å². The van der Waals surface area contributed by atoms with E-state index in [4.69, 9.17) is 4.74 Å². The summed E-state index contributed by atoms with van der Waals surface area (Å²) in [5.41, 5.74) is 0.792. The molecule has 96 valence electrons. The lowest BCUT2D eigenvalue weighted by molar-refractivity contribution is -0.133. The summed E-state index contributed by atoms with van der Waals surface area (Å²) in [7, 11) is 0. The quantitative estimate of drug-likeness (QED) is 0.811. The van der Waals surface area contributed by atoms with Gasteiger partial charge in [-0.1, -0.05) is 30.3 Å². The minimum absolute atomic E-state index is 0.509. The molecule has 1 aliphatic rings. The van der Waals surface area contributed by atoms with Crippen molar-refractivity contribution in [3.05, 3.63) is 35.9 Å². The van der Waals surface area contributed by atoms with Crippen LogP contribution in [0.2, 0.25) is 0 Å². The number of hydrogen-bond acceptors (Lipinski definition) is 3. The van der Waals surface area contributed by atoms with Crippen LogP contribution in [-0.4, -0.2) is 29.1 Å².